The molecule has 3 heterocycles. The minimum Gasteiger partial charge on any atom is -0.397 e. The van der Waals surface area contributed by atoms with E-state index in [1.54, 1.807) is 30.4 Å². The molecule has 1 fully saturated rings. The zero-order chi connectivity index (χ0) is 24.9. The Kier molecular flexibility index (Phi) is 7.42. The predicted molar refractivity (Wildman–Crippen MR) is 135 cm³/mol. The summed E-state index contributed by atoms with van der Waals surface area (Å²) in [5.41, 5.74) is 10.8. The summed E-state index contributed by atoms with van der Waals surface area (Å²) in [5.74, 6) is -0.491. The first-order valence-electron chi connectivity index (χ1n) is 11.6. The summed E-state index contributed by atoms with van der Waals surface area (Å²) in [7, 11) is 1.71. The van der Waals surface area contributed by atoms with Crippen LogP contribution < -0.4 is 21.7 Å². The van der Waals surface area contributed by atoms with Crippen LogP contribution in [0.5, 0.6) is 0 Å². The molecule has 0 radical (unpaired) electrons. The number of carbonyl (C=O) groups excluding carboxylic acids is 1. The van der Waals surface area contributed by atoms with Crippen LogP contribution in [-0.4, -0.2) is 65.4 Å². The molecule has 35 heavy (non-hydrogen) atoms. The fourth-order valence-electron chi connectivity index (χ4n) is 4.19. The first-order valence-corrected chi connectivity index (χ1v) is 11.6. The molecule has 9 nitrogen and oxygen atoms in total. The lowest BCUT2D eigenvalue weighted by Crippen LogP contribution is -2.48. The van der Waals surface area contributed by atoms with Crippen LogP contribution in [-0.2, 0) is 0 Å². The average Bonchev–Trinajstić information content (AvgIpc) is 2.87. The minimum absolute atomic E-state index is 0.0160. The fraction of sp³-hybridized carbons (Fsp3) is 0.320. The standard InChI is InChI=1S/C25H30FN7O2/c1-3-8-31-9-11-32(12-10-31)25(35)17-4-6-20(7-5-17)33(28-2)16-22(27)21-14-18-13-19(26)15-29-23(18)30-24(21)34/h4-7,13-16,28H,3,8-12,27H2,1-2H3,(H,29,30,34). The number of piperazine rings is 1. The van der Waals surface area contributed by atoms with Crippen molar-refractivity contribution < 1.29 is 9.18 Å². The molecule has 2 aromatic heterocycles. The highest BCUT2D eigenvalue weighted by Crippen LogP contribution is 2.19. The number of hydrazine groups is 1. The molecule has 1 amide bonds. The van der Waals surface area contributed by atoms with E-state index in [1.165, 1.54) is 12.1 Å². The number of benzene rings is 1. The molecule has 1 saturated heterocycles. The van der Waals surface area contributed by atoms with Crippen molar-refractivity contribution in [1.82, 2.24) is 25.2 Å². The van der Waals surface area contributed by atoms with Crippen LogP contribution in [0, 0.1) is 5.82 Å². The zero-order valence-corrected chi connectivity index (χ0v) is 19.9. The molecular weight excluding hydrogens is 449 g/mol. The van der Waals surface area contributed by atoms with E-state index in [4.69, 9.17) is 5.73 Å². The van der Waals surface area contributed by atoms with Crippen LogP contribution in [0.3, 0.4) is 0 Å². The van der Waals surface area contributed by atoms with Crippen molar-refractivity contribution in [2.75, 3.05) is 44.8 Å². The first-order chi connectivity index (χ1) is 16.9. The summed E-state index contributed by atoms with van der Waals surface area (Å²) in [6.45, 7) is 6.46. The molecule has 0 atom stereocenters. The van der Waals surface area contributed by atoms with Crippen molar-refractivity contribution in [1.29, 1.82) is 0 Å². The Balaban J connectivity index is 1.50. The molecule has 0 aliphatic carbocycles. The molecule has 1 aliphatic rings. The zero-order valence-electron chi connectivity index (χ0n) is 19.9. The van der Waals surface area contributed by atoms with Crippen LogP contribution >= 0.6 is 0 Å². The van der Waals surface area contributed by atoms with E-state index in [-0.39, 0.29) is 22.8 Å². The second-order valence-corrected chi connectivity index (χ2v) is 8.46. The largest absolute Gasteiger partial charge is 0.397 e. The number of aromatic amines is 1. The van der Waals surface area contributed by atoms with Gasteiger partial charge in [0.15, 0.2) is 0 Å². The number of nitrogens with one attached hydrogen (secondary N) is 2. The van der Waals surface area contributed by atoms with E-state index in [2.05, 4.69) is 27.2 Å². The first kappa shape index (κ1) is 24.4. The van der Waals surface area contributed by atoms with Crippen LogP contribution in [0.4, 0.5) is 10.1 Å². The number of carbonyl (C=O) groups is 1. The van der Waals surface area contributed by atoms with Gasteiger partial charge in [-0.3, -0.25) is 19.5 Å². The molecular formula is C25H30FN7O2. The predicted octanol–water partition coefficient (Wildman–Crippen LogP) is 2.13. The third-order valence-corrected chi connectivity index (χ3v) is 6.07. The summed E-state index contributed by atoms with van der Waals surface area (Å²) in [6, 6.07) is 9.97. The summed E-state index contributed by atoms with van der Waals surface area (Å²) in [5, 5.41) is 2.07. The number of H-pyrrole nitrogens is 1. The van der Waals surface area contributed by atoms with E-state index >= 15 is 0 Å². The van der Waals surface area contributed by atoms with Gasteiger partial charge >= 0.3 is 0 Å². The van der Waals surface area contributed by atoms with Crippen LogP contribution in [0.25, 0.3) is 16.7 Å². The van der Waals surface area contributed by atoms with Gasteiger partial charge in [-0.2, -0.15) is 0 Å². The van der Waals surface area contributed by atoms with Gasteiger partial charge in [0.05, 0.1) is 23.1 Å². The molecule has 4 N–H and O–H groups in total. The van der Waals surface area contributed by atoms with Crippen molar-refractivity contribution in [2.24, 2.45) is 5.73 Å². The maximum atomic E-state index is 13.6. The Bertz CT molecular complexity index is 1280. The SMILES string of the molecule is CCCN1CCN(C(=O)c2ccc(N(C=C(N)c3cc4cc(F)cnc4[nH]c3=O)NC)cc2)CC1. The molecule has 0 unspecified atom stereocenters. The topological polar surface area (TPSA) is 111 Å². The monoisotopic (exact) mass is 479 g/mol. The summed E-state index contributed by atoms with van der Waals surface area (Å²) >= 11 is 0. The number of anilines is 1. The number of nitrogens with two attached hydrogens (primary N) is 1. The smallest absolute Gasteiger partial charge is 0.259 e. The highest BCUT2D eigenvalue weighted by atomic mass is 19.1. The van der Waals surface area contributed by atoms with Gasteiger partial charge in [0.2, 0.25) is 0 Å². The molecule has 0 spiro atoms. The molecule has 4 rings (SSSR count). The van der Waals surface area contributed by atoms with Gasteiger partial charge in [-0.1, -0.05) is 6.92 Å². The summed E-state index contributed by atoms with van der Waals surface area (Å²) in [4.78, 5) is 36.2. The second-order valence-electron chi connectivity index (χ2n) is 8.46. The van der Waals surface area contributed by atoms with E-state index in [0.29, 0.717) is 10.9 Å². The van der Waals surface area contributed by atoms with Crippen molar-refractivity contribution in [2.45, 2.75) is 13.3 Å². The fourth-order valence-corrected chi connectivity index (χ4v) is 4.19. The lowest BCUT2D eigenvalue weighted by atomic mass is 10.1. The Labute approximate surface area is 203 Å². The Morgan fingerprint density at radius 3 is 2.60 bits per heavy atom. The lowest BCUT2D eigenvalue weighted by molar-refractivity contribution is 0.0637. The highest BCUT2D eigenvalue weighted by Gasteiger charge is 2.21. The van der Waals surface area contributed by atoms with Gasteiger partial charge in [0.25, 0.3) is 11.5 Å². The van der Waals surface area contributed by atoms with E-state index < -0.39 is 11.4 Å². The van der Waals surface area contributed by atoms with Gasteiger partial charge in [-0.25, -0.2) is 14.8 Å². The van der Waals surface area contributed by atoms with Crippen LogP contribution in [0.1, 0.15) is 29.3 Å². The number of hydrogen-bond donors (Lipinski definition) is 3. The van der Waals surface area contributed by atoms with Gasteiger partial charge in [-0.05, 0) is 49.4 Å². The Morgan fingerprint density at radius 1 is 1.23 bits per heavy atom. The molecule has 0 saturated carbocycles. The number of fused-ring (bicyclic) bond motifs is 1. The molecule has 1 aromatic carbocycles. The van der Waals surface area contributed by atoms with Gasteiger partial charge < -0.3 is 15.6 Å². The number of hydrogen-bond acceptors (Lipinski definition) is 7. The normalized spacial score (nSPS) is 14.9. The van der Waals surface area contributed by atoms with Gasteiger partial charge in [-0.15, -0.1) is 0 Å². The van der Waals surface area contributed by atoms with Crippen molar-refractivity contribution in [3.8, 4) is 0 Å². The van der Waals surface area contributed by atoms with Crippen molar-refractivity contribution in [3.05, 3.63) is 76.1 Å². The summed E-state index contributed by atoms with van der Waals surface area (Å²) in [6.07, 6.45) is 3.72. The van der Waals surface area contributed by atoms with E-state index in [9.17, 15) is 14.0 Å². The second kappa shape index (κ2) is 10.7. The number of pyridine rings is 2. The highest BCUT2D eigenvalue weighted by molar-refractivity contribution is 5.94. The minimum atomic E-state index is -0.507. The van der Waals surface area contributed by atoms with Crippen molar-refractivity contribution >= 4 is 28.3 Å². The van der Waals surface area contributed by atoms with Gasteiger partial charge in [0.1, 0.15) is 11.5 Å². The van der Waals surface area contributed by atoms with Gasteiger partial charge in [0, 0.05) is 50.4 Å². The number of amides is 1. The van der Waals surface area contributed by atoms with Crippen LogP contribution in [0.2, 0.25) is 0 Å². The molecule has 0 bridgehead atoms. The van der Waals surface area contributed by atoms with Crippen molar-refractivity contribution in [3.63, 3.8) is 0 Å². The summed E-state index contributed by atoms with van der Waals surface area (Å²) < 4.78 is 13.6. The molecule has 1 aliphatic heterocycles. The Morgan fingerprint density at radius 2 is 1.94 bits per heavy atom. The van der Waals surface area contributed by atoms with Crippen LogP contribution in [0.15, 0.2) is 53.6 Å². The van der Waals surface area contributed by atoms with E-state index in [0.717, 1.165) is 51.0 Å². The number of nitrogens with zero attached hydrogens (tertiary/aromatic N) is 4. The number of halogens is 1. The maximum absolute atomic E-state index is 13.6. The average molecular weight is 480 g/mol. The molecule has 184 valence electrons. The third-order valence-electron chi connectivity index (χ3n) is 6.07. The van der Waals surface area contributed by atoms with E-state index in [1.807, 2.05) is 17.0 Å². The quantitative estimate of drug-likeness (QED) is 0.445. The molecule has 3 aromatic rings. The third kappa shape index (κ3) is 5.50. The number of aromatic nitrogens is 2. The number of rotatable bonds is 7. The Hall–Kier alpha value is -3.76. The molecule has 10 heteroatoms. The lowest BCUT2D eigenvalue weighted by Gasteiger charge is -2.34. The maximum Gasteiger partial charge on any atom is 0.259 e.